The summed E-state index contributed by atoms with van der Waals surface area (Å²) in [7, 11) is 0. The molecule has 162 valence electrons. The van der Waals surface area contributed by atoms with Gasteiger partial charge < -0.3 is 19.4 Å². The molecule has 1 N–H and O–H groups in total. The molecule has 0 spiro atoms. The third-order valence-corrected chi connectivity index (χ3v) is 5.99. The van der Waals surface area contributed by atoms with Crippen LogP contribution in [0.4, 0.5) is 5.69 Å². The summed E-state index contributed by atoms with van der Waals surface area (Å²) in [5, 5.41) is 12.4. The summed E-state index contributed by atoms with van der Waals surface area (Å²) in [6.07, 6.45) is 0.861. The first-order valence-electron chi connectivity index (χ1n) is 10.4. The lowest BCUT2D eigenvalue weighted by Crippen LogP contribution is -2.15. The second kappa shape index (κ2) is 9.43. The molecule has 8 heteroatoms. The fourth-order valence-corrected chi connectivity index (χ4v) is 4.27. The summed E-state index contributed by atoms with van der Waals surface area (Å²) < 4.78 is 13.5. The van der Waals surface area contributed by atoms with E-state index < -0.39 is 0 Å². The number of ether oxygens (including phenoxy) is 2. The quantitative estimate of drug-likeness (QED) is 0.572. The molecule has 1 aliphatic heterocycles. The van der Waals surface area contributed by atoms with Gasteiger partial charge in [0, 0.05) is 24.2 Å². The first kappa shape index (κ1) is 21.2. The molecule has 1 aromatic heterocycles. The van der Waals surface area contributed by atoms with Crippen LogP contribution in [-0.2, 0) is 11.3 Å². The molecule has 1 aliphatic rings. The van der Waals surface area contributed by atoms with Gasteiger partial charge in [0.1, 0.15) is 0 Å². The Bertz CT molecular complexity index is 1100. The molecule has 0 saturated heterocycles. The first-order valence-corrected chi connectivity index (χ1v) is 11.4. The lowest BCUT2D eigenvalue weighted by molar-refractivity contribution is -0.113. The van der Waals surface area contributed by atoms with Crippen molar-refractivity contribution in [2.24, 2.45) is 0 Å². The summed E-state index contributed by atoms with van der Waals surface area (Å²) in [6, 6.07) is 11.8. The van der Waals surface area contributed by atoms with E-state index >= 15 is 0 Å². The number of anilines is 1. The van der Waals surface area contributed by atoms with Crippen molar-refractivity contribution in [3.63, 3.8) is 0 Å². The standard InChI is InChI=1S/C23H26N4O3S/c1-4-27-22(17-7-9-19-20(13-17)30-11-5-10-29-19)25-26-23(27)31-14-21(28)24-18-8-6-15(2)12-16(18)3/h6-9,12-13H,4-5,10-11,14H2,1-3H3,(H,24,28). The van der Waals surface area contributed by atoms with Gasteiger partial charge in [0.25, 0.3) is 0 Å². The molecule has 0 aliphatic carbocycles. The van der Waals surface area contributed by atoms with Gasteiger partial charge in [0.15, 0.2) is 22.5 Å². The van der Waals surface area contributed by atoms with Gasteiger partial charge in [-0.05, 0) is 50.6 Å². The summed E-state index contributed by atoms with van der Waals surface area (Å²) >= 11 is 1.38. The van der Waals surface area contributed by atoms with Crippen LogP contribution in [0.25, 0.3) is 11.4 Å². The van der Waals surface area contributed by atoms with E-state index in [1.807, 2.05) is 55.7 Å². The molecule has 0 fully saturated rings. The minimum atomic E-state index is -0.0697. The van der Waals surface area contributed by atoms with Gasteiger partial charge in [-0.1, -0.05) is 29.5 Å². The number of thioether (sulfide) groups is 1. The SMILES string of the molecule is CCn1c(SCC(=O)Nc2ccc(C)cc2C)nnc1-c1ccc2c(c1)OCCCO2. The van der Waals surface area contributed by atoms with Crippen molar-refractivity contribution in [2.75, 3.05) is 24.3 Å². The molecule has 2 heterocycles. The molecule has 0 atom stereocenters. The van der Waals surface area contributed by atoms with Crippen LogP contribution < -0.4 is 14.8 Å². The number of amides is 1. The number of benzene rings is 2. The van der Waals surface area contributed by atoms with Crippen LogP contribution in [0.3, 0.4) is 0 Å². The molecular formula is C23H26N4O3S. The molecule has 2 aromatic carbocycles. The zero-order chi connectivity index (χ0) is 21.8. The van der Waals surface area contributed by atoms with Crippen molar-refractivity contribution in [2.45, 2.75) is 38.9 Å². The number of hydrogen-bond donors (Lipinski definition) is 1. The average Bonchev–Trinajstić information content (AvgIpc) is 3.02. The third-order valence-electron chi connectivity index (χ3n) is 5.03. The van der Waals surface area contributed by atoms with Crippen LogP contribution in [0.15, 0.2) is 41.6 Å². The summed E-state index contributed by atoms with van der Waals surface area (Å²) in [4.78, 5) is 12.5. The first-order chi connectivity index (χ1) is 15.0. The number of nitrogens with one attached hydrogen (secondary N) is 1. The van der Waals surface area contributed by atoms with Gasteiger partial charge >= 0.3 is 0 Å². The predicted molar refractivity (Wildman–Crippen MR) is 122 cm³/mol. The molecule has 1 amide bonds. The maximum atomic E-state index is 12.5. The Labute approximate surface area is 186 Å². The topological polar surface area (TPSA) is 78.3 Å². The van der Waals surface area contributed by atoms with E-state index in [2.05, 4.69) is 21.6 Å². The van der Waals surface area contributed by atoms with E-state index in [4.69, 9.17) is 9.47 Å². The Morgan fingerprint density at radius 2 is 1.90 bits per heavy atom. The van der Waals surface area contributed by atoms with E-state index in [-0.39, 0.29) is 11.7 Å². The fourth-order valence-electron chi connectivity index (χ4n) is 3.47. The van der Waals surface area contributed by atoms with Crippen LogP contribution in [0.5, 0.6) is 11.5 Å². The largest absolute Gasteiger partial charge is 0.490 e. The lowest BCUT2D eigenvalue weighted by atomic mass is 10.1. The smallest absolute Gasteiger partial charge is 0.234 e. The van der Waals surface area contributed by atoms with Crippen molar-refractivity contribution >= 4 is 23.4 Å². The number of aryl methyl sites for hydroxylation is 2. The van der Waals surface area contributed by atoms with Crippen LogP contribution in [0.1, 0.15) is 24.5 Å². The highest BCUT2D eigenvalue weighted by molar-refractivity contribution is 7.99. The second-order valence-electron chi connectivity index (χ2n) is 7.42. The van der Waals surface area contributed by atoms with Crippen LogP contribution >= 0.6 is 11.8 Å². The Morgan fingerprint density at radius 3 is 2.68 bits per heavy atom. The summed E-state index contributed by atoms with van der Waals surface area (Å²) in [5.41, 5.74) is 3.96. The minimum Gasteiger partial charge on any atom is -0.490 e. The van der Waals surface area contributed by atoms with Gasteiger partial charge in [-0.25, -0.2) is 0 Å². The van der Waals surface area contributed by atoms with Gasteiger partial charge in [0.05, 0.1) is 19.0 Å². The number of nitrogens with zero attached hydrogens (tertiary/aromatic N) is 3. The number of carbonyl (C=O) groups excluding carboxylic acids is 1. The Hall–Kier alpha value is -3.00. The minimum absolute atomic E-state index is 0.0697. The van der Waals surface area contributed by atoms with Crippen LogP contribution in [0.2, 0.25) is 0 Å². The normalized spacial score (nSPS) is 13.0. The zero-order valence-corrected chi connectivity index (χ0v) is 18.8. The highest BCUT2D eigenvalue weighted by Crippen LogP contribution is 2.34. The number of carbonyl (C=O) groups is 1. The number of fused-ring (bicyclic) bond motifs is 1. The van der Waals surface area contributed by atoms with Crippen molar-refractivity contribution in [3.05, 3.63) is 47.5 Å². The van der Waals surface area contributed by atoms with Crippen molar-refractivity contribution in [1.29, 1.82) is 0 Å². The summed E-state index contributed by atoms with van der Waals surface area (Å²) in [6.45, 7) is 8.04. The van der Waals surface area contributed by atoms with Gasteiger partial charge in [0.2, 0.25) is 5.91 Å². The Kier molecular flexibility index (Phi) is 6.46. The predicted octanol–water partition coefficient (Wildman–Crippen LogP) is 4.47. The van der Waals surface area contributed by atoms with Crippen LogP contribution in [-0.4, -0.2) is 39.6 Å². The molecule has 4 rings (SSSR count). The number of rotatable bonds is 6. The zero-order valence-electron chi connectivity index (χ0n) is 18.0. The molecular weight excluding hydrogens is 412 g/mol. The van der Waals surface area contributed by atoms with Gasteiger partial charge in [-0.2, -0.15) is 0 Å². The highest BCUT2D eigenvalue weighted by atomic mass is 32.2. The fraction of sp³-hybridized carbons (Fsp3) is 0.348. The lowest BCUT2D eigenvalue weighted by Gasteiger charge is -2.11. The highest BCUT2D eigenvalue weighted by Gasteiger charge is 2.18. The average molecular weight is 439 g/mol. The molecule has 0 radical (unpaired) electrons. The molecule has 7 nitrogen and oxygen atoms in total. The van der Waals surface area contributed by atoms with Crippen molar-refractivity contribution in [3.8, 4) is 22.9 Å². The van der Waals surface area contributed by atoms with E-state index in [0.29, 0.717) is 24.9 Å². The van der Waals surface area contributed by atoms with Gasteiger partial charge in [-0.3, -0.25) is 4.79 Å². The van der Waals surface area contributed by atoms with E-state index in [9.17, 15) is 4.79 Å². The molecule has 0 bridgehead atoms. The van der Waals surface area contributed by atoms with E-state index in [1.54, 1.807) is 0 Å². The maximum Gasteiger partial charge on any atom is 0.234 e. The second-order valence-corrected chi connectivity index (χ2v) is 8.36. The van der Waals surface area contributed by atoms with Crippen molar-refractivity contribution < 1.29 is 14.3 Å². The van der Waals surface area contributed by atoms with E-state index in [0.717, 1.165) is 40.6 Å². The molecule has 31 heavy (non-hydrogen) atoms. The molecule has 0 unspecified atom stereocenters. The number of aromatic nitrogens is 3. The van der Waals surface area contributed by atoms with Crippen molar-refractivity contribution in [1.82, 2.24) is 14.8 Å². The summed E-state index contributed by atoms with van der Waals surface area (Å²) in [5.74, 6) is 2.41. The Morgan fingerprint density at radius 1 is 1.10 bits per heavy atom. The van der Waals surface area contributed by atoms with Crippen LogP contribution in [0, 0.1) is 13.8 Å². The molecule has 3 aromatic rings. The number of hydrogen-bond acceptors (Lipinski definition) is 6. The maximum absolute atomic E-state index is 12.5. The van der Waals surface area contributed by atoms with E-state index in [1.165, 1.54) is 17.3 Å². The molecule has 0 saturated carbocycles. The third kappa shape index (κ3) is 4.85. The monoisotopic (exact) mass is 438 g/mol. The Balaban J connectivity index is 1.47. The van der Waals surface area contributed by atoms with Gasteiger partial charge in [-0.15, -0.1) is 10.2 Å².